The normalized spacial score (nSPS) is 10.0. The van der Waals surface area contributed by atoms with Crippen molar-refractivity contribution in [2.75, 3.05) is 0 Å². The Hall–Kier alpha value is -0.320. The predicted molar refractivity (Wildman–Crippen MR) is 53.7 cm³/mol. The number of rotatable bonds is 2. The standard InChI is InChI=1S/C8H10INO/c1-2-5-10-6-7(9)3-4-8(10)11/h3-4,6H,2,5H2,1H3. The molecular formula is C8H10INO. The molecule has 0 fully saturated rings. The molecule has 0 amide bonds. The highest BCUT2D eigenvalue weighted by atomic mass is 127. The van der Waals surface area contributed by atoms with Gasteiger partial charge in [-0.3, -0.25) is 4.79 Å². The monoisotopic (exact) mass is 263 g/mol. The number of nitrogens with zero attached hydrogens (tertiary/aromatic N) is 1. The van der Waals surface area contributed by atoms with Gasteiger partial charge >= 0.3 is 0 Å². The van der Waals surface area contributed by atoms with Gasteiger partial charge < -0.3 is 4.57 Å². The fraction of sp³-hybridized carbons (Fsp3) is 0.375. The van der Waals surface area contributed by atoms with Gasteiger partial charge in [-0.05, 0) is 35.1 Å². The van der Waals surface area contributed by atoms with Crippen molar-refractivity contribution < 1.29 is 0 Å². The van der Waals surface area contributed by atoms with E-state index < -0.39 is 0 Å². The lowest BCUT2D eigenvalue weighted by molar-refractivity contribution is 0.652. The average molecular weight is 263 g/mol. The summed E-state index contributed by atoms with van der Waals surface area (Å²) in [5, 5.41) is 0. The maximum absolute atomic E-state index is 11.1. The lowest BCUT2D eigenvalue weighted by Crippen LogP contribution is -2.18. The first-order valence-electron chi connectivity index (χ1n) is 3.60. The van der Waals surface area contributed by atoms with Gasteiger partial charge in [0.2, 0.25) is 0 Å². The molecule has 60 valence electrons. The number of aromatic nitrogens is 1. The Morgan fingerprint density at radius 1 is 1.55 bits per heavy atom. The summed E-state index contributed by atoms with van der Waals surface area (Å²) in [7, 11) is 0. The minimum atomic E-state index is 0.0901. The van der Waals surface area contributed by atoms with E-state index in [0.29, 0.717) is 0 Å². The van der Waals surface area contributed by atoms with Crippen LogP contribution in [0.2, 0.25) is 0 Å². The Morgan fingerprint density at radius 2 is 2.27 bits per heavy atom. The Bertz CT molecular complexity index is 292. The molecule has 1 aromatic rings. The molecule has 1 heterocycles. The van der Waals surface area contributed by atoms with E-state index >= 15 is 0 Å². The van der Waals surface area contributed by atoms with E-state index in [9.17, 15) is 4.79 Å². The molecule has 0 radical (unpaired) electrons. The third-order valence-electron chi connectivity index (χ3n) is 1.41. The first-order chi connectivity index (χ1) is 5.24. The largest absolute Gasteiger partial charge is 0.314 e. The summed E-state index contributed by atoms with van der Waals surface area (Å²) in [6.45, 7) is 2.88. The average Bonchev–Trinajstić information content (AvgIpc) is 1.98. The zero-order valence-electron chi connectivity index (χ0n) is 6.38. The van der Waals surface area contributed by atoms with Crippen LogP contribution in [0.5, 0.6) is 0 Å². The van der Waals surface area contributed by atoms with Crippen LogP contribution in [0.3, 0.4) is 0 Å². The van der Waals surface area contributed by atoms with Crippen molar-refractivity contribution in [1.82, 2.24) is 4.57 Å². The third kappa shape index (κ3) is 2.32. The zero-order valence-corrected chi connectivity index (χ0v) is 8.54. The van der Waals surface area contributed by atoms with Crippen LogP contribution < -0.4 is 5.56 Å². The smallest absolute Gasteiger partial charge is 0.250 e. The minimum Gasteiger partial charge on any atom is -0.314 e. The van der Waals surface area contributed by atoms with Crippen LogP contribution in [0.4, 0.5) is 0 Å². The summed E-state index contributed by atoms with van der Waals surface area (Å²) < 4.78 is 2.84. The molecule has 0 aliphatic carbocycles. The van der Waals surface area contributed by atoms with E-state index in [1.807, 2.05) is 12.3 Å². The molecule has 0 atom stereocenters. The lowest BCUT2D eigenvalue weighted by Gasteiger charge is -2.01. The topological polar surface area (TPSA) is 22.0 Å². The molecule has 0 saturated carbocycles. The molecule has 3 heteroatoms. The summed E-state index contributed by atoms with van der Waals surface area (Å²) in [5.41, 5.74) is 0.0901. The van der Waals surface area contributed by atoms with E-state index in [1.165, 1.54) is 0 Å². The quantitative estimate of drug-likeness (QED) is 0.746. The molecule has 2 nitrogen and oxygen atoms in total. The Labute approximate surface area is 79.4 Å². The highest BCUT2D eigenvalue weighted by Gasteiger charge is 1.93. The second kappa shape index (κ2) is 3.90. The van der Waals surface area contributed by atoms with Crippen molar-refractivity contribution in [2.24, 2.45) is 0 Å². The molecule has 0 aromatic carbocycles. The van der Waals surface area contributed by atoms with Gasteiger partial charge in [-0.15, -0.1) is 0 Å². The first-order valence-corrected chi connectivity index (χ1v) is 4.68. The molecule has 0 unspecified atom stereocenters. The van der Waals surface area contributed by atoms with Gasteiger partial charge in [-0.1, -0.05) is 6.92 Å². The van der Waals surface area contributed by atoms with Crippen LogP contribution in [-0.4, -0.2) is 4.57 Å². The van der Waals surface area contributed by atoms with Crippen molar-refractivity contribution in [3.63, 3.8) is 0 Å². The van der Waals surface area contributed by atoms with E-state index in [-0.39, 0.29) is 5.56 Å². The Balaban J connectivity index is 3.03. The second-order valence-electron chi connectivity index (χ2n) is 2.38. The van der Waals surface area contributed by atoms with Crippen molar-refractivity contribution in [1.29, 1.82) is 0 Å². The number of halogens is 1. The van der Waals surface area contributed by atoms with Crippen LogP contribution in [0.15, 0.2) is 23.1 Å². The van der Waals surface area contributed by atoms with Crippen LogP contribution in [-0.2, 0) is 6.54 Å². The third-order valence-corrected chi connectivity index (χ3v) is 2.05. The zero-order chi connectivity index (χ0) is 8.27. The summed E-state index contributed by atoms with van der Waals surface area (Å²) in [4.78, 5) is 11.1. The maximum Gasteiger partial charge on any atom is 0.250 e. The Morgan fingerprint density at radius 3 is 2.91 bits per heavy atom. The molecule has 11 heavy (non-hydrogen) atoms. The molecule has 0 aliphatic heterocycles. The number of pyridine rings is 1. The molecule has 0 saturated heterocycles. The summed E-state index contributed by atoms with van der Waals surface area (Å²) in [6.07, 6.45) is 2.88. The molecule has 1 aromatic heterocycles. The highest BCUT2D eigenvalue weighted by molar-refractivity contribution is 14.1. The predicted octanol–water partition coefficient (Wildman–Crippen LogP) is 1.86. The number of aryl methyl sites for hydroxylation is 1. The fourth-order valence-corrected chi connectivity index (χ4v) is 1.43. The van der Waals surface area contributed by atoms with E-state index in [4.69, 9.17) is 0 Å². The van der Waals surface area contributed by atoms with E-state index in [2.05, 4.69) is 29.5 Å². The highest BCUT2D eigenvalue weighted by Crippen LogP contribution is 1.99. The first kappa shape index (κ1) is 8.77. The van der Waals surface area contributed by atoms with Gasteiger partial charge in [0.05, 0.1) is 0 Å². The fourth-order valence-electron chi connectivity index (χ4n) is 0.918. The molecule has 0 spiro atoms. The van der Waals surface area contributed by atoms with Crippen LogP contribution in [0, 0.1) is 3.57 Å². The van der Waals surface area contributed by atoms with Crippen molar-refractivity contribution in [3.05, 3.63) is 32.3 Å². The minimum absolute atomic E-state index is 0.0901. The molecule has 0 N–H and O–H groups in total. The lowest BCUT2D eigenvalue weighted by atomic mass is 10.4. The SMILES string of the molecule is CCCn1cc(I)ccc1=O. The molecule has 0 bridgehead atoms. The molecule has 1 rings (SSSR count). The van der Waals surface area contributed by atoms with Crippen LogP contribution in [0.25, 0.3) is 0 Å². The molecular weight excluding hydrogens is 253 g/mol. The summed E-state index contributed by atoms with van der Waals surface area (Å²) in [6, 6.07) is 3.44. The van der Waals surface area contributed by atoms with Crippen LogP contribution >= 0.6 is 22.6 Å². The summed E-state index contributed by atoms with van der Waals surface area (Å²) >= 11 is 2.20. The van der Waals surface area contributed by atoms with E-state index in [0.717, 1.165) is 16.5 Å². The van der Waals surface area contributed by atoms with E-state index in [1.54, 1.807) is 10.6 Å². The van der Waals surface area contributed by atoms with Gasteiger partial charge in [0.15, 0.2) is 0 Å². The molecule has 0 aliphatic rings. The second-order valence-corrected chi connectivity index (χ2v) is 3.62. The van der Waals surface area contributed by atoms with Crippen LogP contribution in [0.1, 0.15) is 13.3 Å². The maximum atomic E-state index is 11.1. The van der Waals surface area contributed by atoms with Gasteiger partial charge in [0, 0.05) is 22.4 Å². The number of hydrogen-bond donors (Lipinski definition) is 0. The van der Waals surface area contributed by atoms with Crippen molar-refractivity contribution in [3.8, 4) is 0 Å². The Kier molecular flexibility index (Phi) is 3.11. The van der Waals surface area contributed by atoms with Gasteiger partial charge in [0.1, 0.15) is 0 Å². The summed E-state index contributed by atoms with van der Waals surface area (Å²) in [5.74, 6) is 0. The van der Waals surface area contributed by atoms with Gasteiger partial charge in [-0.2, -0.15) is 0 Å². The van der Waals surface area contributed by atoms with Gasteiger partial charge in [-0.25, -0.2) is 0 Å². The number of hydrogen-bond acceptors (Lipinski definition) is 1. The van der Waals surface area contributed by atoms with Crippen molar-refractivity contribution in [2.45, 2.75) is 19.9 Å². The van der Waals surface area contributed by atoms with Crippen molar-refractivity contribution >= 4 is 22.6 Å². The van der Waals surface area contributed by atoms with Gasteiger partial charge in [0.25, 0.3) is 5.56 Å².